The molecule has 2 aliphatic rings. The quantitative estimate of drug-likeness (QED) is 0.715. The molecule has 0 saturated carbocycles. The van der Waals surface area contributed by atoms with Crippen LogP contribution in [-0.2, 0) is 11.2 Å². The van der Waals surface area contributed by atoms with E-state index in [9.17, 15) is 4.79 Å². The van der Waals surface area contributed by atoms with Crippen molar-refractivity contribution in [1.82, 2.24) is 15.0 Å². The highest BCUT2D eigenvalue weighted by Crippen LogP contribution is 2.53. The number of nitrogens with zero attached hydrogens (tertiary/aromatic N) is 3. The Bertz CT molecular complexity index is 920. The van der Waals surface area contributed by atoms with Gasteiger partial charge in [0.2, 0.25) is 17.6 Å². The summed E-state index contributed by atoms with van der Waals surface area (Å²) in [4.78, 5) is 19.4. The first-order valence-electron chi connectivity index (χ1n) is 9.09. The molecule has 2 aliphatic heterocycles. The second-order valence-electron chi connectivity index (χ2n) is 6.92. The van der Waals surface area contributed by atoms with Gasteiger partial charge in [0.1, 0.15) is 0 Å². The first-order valence-corrected chi connectivity index (χ1v) is 9.09. The van der Waals surface area contributed by atoms with Gasteiger partial charge in [-0.25, -0.2) is 0 Å². The lowest BCUT2D eigenvalue weighted by Crippen LogP contribution is -2.28. The van der Waals surface area contributed by atoms with Gasteiger partial charge in [-0.15, -0.1) is 0 Å². The molecule has 2 atom stereocenters. The maximum Gasteiger partial charge on any atom is 0.227 e. The summed E-state index contributed by atoms with van der Waals surface area (Å²) in [5.74, 6) is 1.26. The van der Waals surface area contributed by atoms with Gasteiger partial charge in [0.25, 0.3) is 0 Å². The molecule has 26 heavy (non-hydrogen) atoms. The average molecular weight is 345 g/mol. The van der Waals surface area contributed by atoms with Crippen LogP contribution in [0.5, 0.6) is 0 Å². The molecule has 1 aromatic heterocycles. The van der Waals surface area contributed by atoms with E-state index in [-0.39, 0.29) is 18.0 Å². The summed E-state index contributed by atoms with van der Waals surface area (Å²) in [6.07, 6.45) is 3.00. The Kier molecular flexibility index (Phi) is 3.59. The fourth-order valence-corrected chi connectivity index (χ4v) is 4.29. The lowest BCUT2D eigenvalue weighted by Gasteiger charge is -2.22. The Morgan fingerprint density at radius 3 is 2.35 bits per heavy atom. The third kappa shape index (κ3) is 2.43. The van der Waals surface area contributed by atoms with Crippen molar-refractivity contribution >= 4 is 5.91 Å². The maximum atomic E-state index is 12.9. The number of rotatable bonds is 4. The predicted molar refractivity (Wildman–Crippen MR) is 96.1 cm³/mol. The monoisotopic (exact) mass is 345 g/mol. The van der Waals surface area contributed by atoms with Crippen LogP contribution in [0.25, 0.3) is 11.4 Å². The first kappa shape index (κ1) is 15.3. The van der Waals surface area contributed by atoms with E-state index >= 15 is 0 Å². The maximum absolute atomic E-state index is 12.9. The van der Waals surface area contributed by atoms with Gasteiger partial charge in [0, 0.05) is 18.4 Å². The normalized spacial score (nSPS) is 20.4. The van der Waals surface area contributed by atoms with E-state index in [0.717, 1.165) is 18.4 Å². The second-order valence-corrected chi connectivity index (χ2v) is 6.92. The number of carbonyl (C=O) groups is 1. The summed E-state index contributed by atoms with van der Waals surface area (Å²) >= 11 is 0. The highest BCUT2D eigenvalue weighted by atomic mass is 16.5. The van der Waals surface area contributed by atoms with Crippen molar-refractivity contribution in [3.63, 3.8) is 0 Å². The third-order valence-corrected chi connectivity index (χ3v) is 5.44. The zero-order valence-electron chi connectivity index (χ0n) is 14.3. The molecule has 3 aromatic rings. The zero-order chi connectivity index (χ0) is 17.5. The van der Waals surface area contributed by atoms with Gasteiger partial charge in [-0.05, 0) is 24.0 Å². The van der Waals surface area contributed by atoms with Crippen LogP contribution in [0.1, 0.15) is 48.4 Å². The fraction of sp³-hybridized carbons (Fsp3) is 0.286. The van der Waals surface area contributed by atoms with Gasteiger partial charge in [-0.1, -0.05) is 59.8 Å². The van der Waals surface area contributed by atoms with Crippen LogP contribution in [0.15, 0.2) is 59.1 Å². The lowest BCUT2D eigenvalue weighted by atomic mass is 9.92. The average Bonchev–Trinajstić information content (AvgIpc) is 3.41. The van der Waals surface area contributed by atoms with Crippen LogP contribution in [-0.4, -0.2) is 20.9 Å². The smallest absolute Gasteiger partial charge is 0.227 e. The molecule has 2 bridgehead atoms. The number of amides is 1. The van der Waals surface area contributed by atoms with Crippen LogP contribution in [0.3, 0.4) is 0 Å². The van der Waals surface area contributed by atoms with E-state index in [2.05, 4.69) is 39.3 Å². The first-order chi connectivity index (χ1) is 12.8. The number of benzene rings is 2. The van der Waals surface area contributed by atoms with Crippen LogP contribution in [0.2, 0.25) is 0 Å². The largest absolute Gasteiger partial charge is 0.339 e. The van der Waals surface area contributed by atoms with E-state index in [1.54, 1.807) is 0 Å². The van der Waals surface area contributed by atoms with E-state index in [0.29, 0.717) is 24.6 Å². The molecule has 1 amide bonds. The summed E-state index contributed by atoms with van der Waals surface area (Å²) < 4.78 is 5.33. The van der Waals surface area contributed by atoms with Crippen LogP contribution in [0.4, 0.5) is 0 Å². The number of aromatic nitrogens is 2. The van der Waals surface area contributed by atoms with Crippen molar-refractivity contribution in [3.8, 4) is 11.4 Å². The summed E-state index contributed by atoms with van der Waals surface area (Å²) in [7, 11) is 0. The molecule has 5 rings (SSSR count). The number of carbonyl (C=O) groups excluding carboxylic acids is 1. The molecular formula is C21H19N3O2. The van der Waals surface area contributed by atoms with Crippen LogP contribution >= 0.6 is 0 Å². The summed E-state index contributed by atoms with van der Waals surface area (Å²) in [6.45, 7) is 0. The summed E-state index contributed by atoms with van der Waals surface area (Å²) in [5.41, 5.74) is 3.56. The Morgan fingerprint density at radius 1 is 1.00 bits per heavy atom. The minimum atomic E-state index is 0.174. The fourth-order valence-electron chi connectivity index (χ4n) is 4.29. The number of hydrogen-bond donors (Lipinski definition) is 0. The predicted octanol–water partition coefficient (Wildman–Crippen LogP) is 4.09. The minimum absolute atomic E-state index is 0.174. The molecular weight excluding hydrogens is 326 g/mol. The van der Waals surface area contributed by atoms with Crippen molar-refractivity contribution in [2.75, 3.05) is 0 Å². The van der Waals surface area contributed by atoms with E-state index in [4.69, 9.17) is 4.52 Å². The van der Waals surface area contributed by atoms with Crippen molar-refractivity contribution in [1.29, 1.82) is 0 Å². The number of aryl methyl sites for hydroxylation is 1. The highest BCUT2D eigenvalue weighted by Gasteiger charge is 2.45. The Balaban J connectivity index is 1.27. The van der Waals surface area contributed by atoms with Crippen molar-refractivity contribution in [2.24, 2.45) is 0 Å². The summed E-state index contributed by atoms with van der Waals surface area (Å²) in [6, 6.07) is 18.6. The van der Waals surface area contributed by atoms with E-state index in [1.165, 1.54) is 11.1 Å². The van der Waals surface area contributed by atoms with Crippen molar-refractivity contribution in [2.45, 2.75) is 37.8 Å². The molecule has 0 spiro atoms. The zero-order valence-corrected chi connectivity index (χ0v) is 14.3. The topological polar surface area (TPSA) is 59.2 Å². The molecule has 5 nitrogen and oxygen atoms in total. The van der Waals surface area contributed by atoms with Crippen LogP contribution < -0.4 is 0 Å². The van der Waals surface area contributed by atoms with Gasteiger partial charge >= 0.3 is 0 Å². The minimum Gasteiger partial charge on any atom is -0.339 e. The molecule has 130 valence electrons. The van der Waals surface area contributed by atoms with Gasteiger partial charge in [-0.3, -0.25) is 4.79 Å². The van der Waals surface area contributed by atoms with Gasteiger partial charge < -0.3 is 9.42 Å². The van der Waals surface area contributed by atoms with Crippen molar-refractivity contribution < 1.29 is 9.32 Å². The summed E-state index contributed by atoms with van der Waals surface area (Å²) in [5, 5.41) is 4.03. The molecule has 3 heterocycles. The van der Waals surface area contributed by atoms with Gasteiger partial charge in [0.05, 0.1) is 12.1 Å². The third-order valence-electron chi connectivity index (χ3n) is 5.44. The standard InChI is InChI=1S/C21H19N3O2/c25-20(24-17-10-11-18(24)16-9-5-4-8-15(16)17)13-12-19-22-21(23-26-19)14-6-2-1-3-7-14/h1-9,17-18H,10-13H2. The molecule has 1 saturated heterocycles. The van der Waals surface area contributed by atoms with Crippen LogP contribution in [0, 0.1) is 0 Å². The molecule has 2 aromatic carbocycles. The number of fused-ring (bicyclic) bond motifs is 5. The number of hydrogen-bond acceptors (Lipinski definition) is 4. The molecule has 0 N–H and O–H groups in total. The lowest BCUT2D eigenvalue weighted by molar-refractivity contribution is -0.133. The van der Waals surface area contributed by atoms with Crippen molar-refractivity contribution in [3.05, 3.63) is 71.6 Å². The van der Waals surface area contributed by atoms with E-state index in [1.807, 2.05) is 30.3 Å². The molecule has 2 unspecified atom stereocenters. The Morgan fingerprint density at radius 2 is 1.65 bits per heavy atom. The molecule has 5 heteroatoms. The highest BCUT2D eigenvalue weighted by molar-refractivity contribution is 5.79. The Labute approximate surface area is 151 Å². The molecule has 1 fully saturated rings. The van der Waals surface area contributed by atoms with E-state index < -0.39 is 0 Å². The molecule has 0 radical (unpaired) electrons. The van der Waals surface area contributed by atoms with Gasteiger partial charge in [-0.2, -0.15) is 4.98 Å². The second kappa shape index (κ2) is 6.09. The SMILES string of the molecule is O=C(CCc1nc(-c2ccccc2)no1)N1C2CCC1c1ccccc12. The van der Waals surface area contributed by atoms with Gasteiger partial charge in [0.15, 0.2) is 0 Å². The molecule has 0 aliphatic carbocycles. The Hall–Kier alpha value is -2.95.